The largest absolute Gasteiger partial charge is 0.443 e. The molecule has 1 aromatic carbocycles. The van der Waals surface area contributed by atoms with Crippen LogP contribution in [0.2, 0.25) is 0 Å². The van der Waals surface area contributed by atoms with Crippen LogP contribution in [0.5, 0.6) is 0 Å². The zero-order valence-corrected chi connectivity index (χ0v) is 18.6. The van der Waals surface area contributed by atoms with Crippen molar-refractivity contribution in [2.75, 3.05) is 18.6 Å². The molecule has 1 aromatic rings. The number of para-hydroxylation sites is 1. The van der Waals surface area contributed by atoms with Gasteiger partial charge in [0.2, 0.25) is 0 Å². The fourth-order valence-corrected chi connectivity index (χ4v) is 5.92. The van der Waals surface area contributed by atoms with Crippen LogP contribution in [0.4, 0.5) is 10.5 Å². The summed E-state index contributed by atoms with van der Waals surface area (Å²) in [5.74, 6) is 0. The van der Waals surface area contributed by atoms with E-state index in [-0.39, 0.29) is 6.09 Å². The number of anilines is 1. The minimum absolute atomic E-state index is 0.386. The number of thioether (sulfide) groups is 1. The van der Waals surface area contributed by atoms with Crippen molar-refractivity contribution in [1.29, 1.82) is 0 Å². The average molecular weight is 418 g/mol. The van der Waals surface area contributed by atoms with Gasteiger partial charge < -0.3 is 14.8 Å². The minimum atomic E-state index is -0.576. The van der Waals surface area contributed by atoms with E-state index in [1.165, 1.54) is 32.1 Å². The van der Waals surface area contributed by atoms with Gasteiger partial charge in [0.1, 0.15) is 10.3 Å². The smallest absolute Gasteiger partial charge is 0.417 e. The number of rotatable bonds is 2. The molecule has 2 aliphatic heterocycles. The van der Waals surface area contributed by atoms with Crippen molar-refractivity contribution < 1.29 is 14.3 Å². The number of amides is 1. The van der Waals surface area contributed by atoms with Crippen molar-refractivity contribution in [3.8, 4) is 0 Å². The number of nitrogens with one attached hydrogen (secondary N) is 1. The summed E-state index contributed by atoms with van der Waals surface area (Å²) < 4.78 is 11.2. The monoisotopic (exact) mass is 417 g/mol. The van der Waals surface area contributed by atoms with Gasteiger partial charge in [-0.3, -0.25) is 4.99 Å². The molecule has 2 atom stereocenters. The SMILES string of the molecule is CO[C@@H]1N(C(=O)OC(C)(C)C)c2ccccc2[C@@]12CN=C(NC1CCCCC1)S2. The molecule has 1 spiro atoms. The molecule has 0 saturated heterocycles. The molecular weight excluding hydrogens is 386 g/mol. The van der Waals surface area contributed by atoms with Crippen LogP contribution >= 0.6 is 11.8 Å². The van der Waals surface area contributed by atoms with Crippen LogP contribution in [0.25, 0.3) is 0 Å². The number of hydrogen-bond donors (Lipinski definition) is 1. The van der Waals surface area contributed by atoms with Gasteiger partial charge in [-0.05, 0) is 45.2 Å². The molecule has 1 fully saturated rings. The second kappa shape index (κ2) is 7.84. The fourth-order valence-electron chi connectivity index (χ4n) is 4.50. The zero-order valence-electron chi connectivity index (χ0n) is 17.7. The average Bonchev–Trinajstić information content (AvgIpc) is 3.21. The number of aliphatic imine (C=N–C) groups is 1. The summed E-state index contributed by atoms with van der Waals surface area (Å²) in [6, 6.07) is 8.50. The Balaban J connectivity index is 1.61. The van der Waals surface area contributed by atoms with E-state index in [1.807, 2.05) is 39.0 Å². The second-order valence-electron chi connectivity index (χ2n) is 9.05. The first-order valence-corrected chi connectivity index (χ1v) is 11.3. The van der Waals surface area contributed by atoms with Gasteiger partial charge >= 0.3 is 6.09 Å². The Morgan fingerprint density at radius 2 is 1.97 bits per heavy atom. The fraction of sp³-hybridized carbons (Fsp3) is 0.636. The molecule has 0 unspecified atom stereocenters. The third kappa shape index (κ3) is 3.87. The Kier molecular flexibility index (Phi) is 5.55. The highest BCUT2D eigenvalue weighted by Gasteiger charge is 2.57. The molecule has 3 aliphatic rings. The van der Waals surface area contributed by atoms with Gasteiger partial charge in [-0.2, -0.15) is 0 Å². The van der Waals surface area contributed by atoms with Crippen molar-refractivity contribution >= 4 is 28.7 Å². The van der Waals surface area contributed by atoms with Crippen molar-refractivity contribution in [3.63, 3.8) is 0 Å². The predicted molar refractivity (Wildman–Crippen MR) is 118 cm³/mol. The summed E-state index contributed by atoms with van der Waals surface area (Å²) in [7, 11) is 1.66. The van der Waals surface area contributed by atoms with Gasteiger partial charge in [-0.1, -0.05) is 49.2 Å². The number of carbonyl (C=O) groups excluding carboxylic acids is 1. The number of fused-ring (bicyclic) bond motifs is 2. The second-order valence-corrected chi connectivity index (χ2v) is 10.4. The first-order chi connectivity index (χ1) is 13.8. The van der Waals surface area contributed by atoms with E-state index in [4.69, 9.17) is 14.5 Å². The van der Waals surface area contributed by atoms with Crippen LogP contribution in [0, 0.1) is 0 Å². The standard InChI is InChI=1S/C22H31N3O3S/c1-21(2,3)28-20(26)25-17-13-9-8-12-16(17)22(18(25)27-4)14-23-19(29-22)24-15-10-6-5-7-11-15/h8-9,12-13,15,18H,5-7,10-11,14H2,1-4H3,(H,23,24)/t18-,22-/m0/s1. The van der Waals surface area contributed by atoms with Gasteiger partial charge in [0.25, 0.3) is 0 Å². The lowest BCUT2D eigenvalue weighted by atomic mass is 9.96. The zero-order chi connectivity index (χ0) is 20.6. The Labute approximate surface area is 177 Å². The number of amidine groups is 1. The normalized spacial score (nSPS) is 27.1. The summed E-state index contributed by atoms with van der Waals surface area (Å²) in [6.07, 6.45) is 5.40. The van der Waals surface area contributed by atoms with Crippen molar-refractivity contribution in [2.24, 2.45) is 4.99 Å². The quantitative estimate of drug-likeness (QED) is 0.760. The summed E-state index contributed by atoms with van der Waals surface area (Å²) in [6.45, 7) is 6.21. The Morgan fingerprint density at radius 3 is 2.66 bits per heavy atom. The van der Waals surface area contributed by atoms with E-state index < -0.39 is 16.6 Å². The van der Waals surface area contributed by atoms with Crippen molar-refractivity contribution in [1.82, 2.24) is 5.32 Å². The van der Waals surface area contributed by atoms with Crippen molar-refractivity contribution in [2.45, 2.75) is 75.5 Å². The maximum atomic E-state index is 13.1. The number of ether oxygens (including phenoxy) is 2. The minimum Gasteiger partial charge on any atom is -0.443 e. The molecule has 2 heterocycles. The van der Waals surface area contributed by atoms with Crippen LogP contribution in [0.15, 0.2) is 29.3 Å². The van der Waals surface area contributed by atoms with Crippen LogP contribution < -0.4 is 10.2 Å². The molecular formula is C22H31N3O3S. The molecule has 1 saturated carbocycles. The van der Waals surface area contributed by atoms with Gasteiger partial charge in [-0.15, -0.1) is 0 Å². The van der Waals surface area contributed by atoms with E-state index in [2.05, 4.69) is 11.4 Å². The molecule has 7 heteroatoms. The highest BCUT2D eigenvalue weighted by molar-refractivity contribution is 8.15. The molecule has 4 rings (SSSR count). The summed E-state index contributed by atoms with van der Waals surface area (Å²) >= 11 is 1.69. The van der Waals surface area contributed by atoms with E-state index in [9.17, 15) is 4.79 Å². The number of methoxy groups -OCH3 is 1. The lowest BCUT2D eigenvalue weighted by Crippen LogP contribution is -2.49. The topological polar surface area (TPSA) is 63.2 Å². The molecule has 0 aromatic heterocycles. The summed E-state index contributed by atoms with van der Waals surface area (Å²) in [4.78, 5) is 19.6. The van der Waals surface area contributed by atoms with Crippen LogP contribution in [-0.4, -0.2) is 42.8 Å². The highest BCUT2D eigenvalue weighted by atomic mass is 32.2. The Morgan fingerprint density at radius 1 is 1.24 bits per heavy atom. The molecule has 158 valence electrons. The van der Waals surface area contributed by atoms with Crippen LogP contribution in [0.1, 0.15) is 58.4 Å². The van der Waals surface area contributed by atoms with Crippen LogP contribution in [-0.2, 0) is 14.2 Å². The third-order valence-electron chi connectivity index (χ3n) is 5.74. The van der Waals surface area contributed by atoms with Gasteiger partial charge in [0.05, 0.1) is 12.2 Å². The van der Waals surface area contributed by atoms with E-state index in [0.29, 0.717) is 12.6 Å². The number of benzene rings is 1. The van der Waals surface area contributed by atoms with Crippen LogP contribution in [0.3, 0.4) is 0 Å². The van der Waals surface area contributed by atoms with E-state index in [1.54, 1.807) is 23.8 Å². The molecule has 1 aliphatic carbocycles. The van der Waals surface area contributed by atoms with E-state index in [0.717, 1.165) is 16.4 Å². The highest BCUT2D eigenvalue weighted by Crippen LogP contribution is 2.55. The summed E-state index contributed by atoms with van der Waals surface area (Å²) in [5.41, 5.74) is 1.34. The molecule has 0 bridgehead atoms. The molecule has 1 amide bonds. The van der Waals surface area contributed by atoms with Gasteiger partial charge in [0.15, 0.2) is 11.4 Å². The lowest BCUT2D eigenvalue weighted by Gasteiger charge is -2.34. The van der Waals surface area contributed by atoms with Gasteiger partial charge in [-0.25, -0.2) is 9.69 Å². The number of hydrogen-bond acceptors (Lipinski definition) is 6. The third-order valence-corrected chi connectivity index (χ3v) is 7.09. The van der Waals surface area contributed by atoms with E-state index >= 15 is 0 Å². The van der Waals surface area contributed by atoms with Crippen molar-refractivity contribution in [3.05, 3.63) is 29.8 Å². The molecule has 0 radical (unpaired) electrons. The Hall–Kier alpha value is -1.73. The molecule has 6 nitrogen and oxygen atoms in total. The Bertz CT molecular complexity index is 801. The first kappa shape index (κ1) is 20.5. The summed E-state index contributed by atoms with van der Waals surface area (Å²) in [5, 5.41) is 4.61. The molecule has 1 N–H and O–H groups in total. The van der Waals surface area contributed by atoms with Gasteiger partial charge in [0, 0.05) is 13.2 Å². The predicted octanol–water partition coefficient (Wildman–Crippen LogP) is 4.63. The maximum absolute atomic E-state index is 13.1. The molecule has 29 heavy (non-hydrogen) atoms. The lowest BCUT2D eigenvalue weighted by molar-refractivity contribution is 0.0337. The first-order valence-electron chi connectivity index (χ1n) is 10.5. The number of carbonyl (C=O) groups is 1. The maximum Gasteiger partial charge on any atom is 0.417 e. The number of nitrogens with zero attached hydrogens (tertiary/aromatic N) is 2.